The molecule has 0 atom stereocenters. The molecule has 0 bridgehead atoms. The number of nitriles is 1. The minimum atomic E-state index is -0.280. The third-order valence-electron chi connectivity index (χ3n) is 5.62. The number of benzene rings is 1. The number of ketones is 1. The summed E-state index contributed by atoms with van der Waals surface area (Å²) in [5.41, 5.74) is 9.18. The van der Waals surface area contributed by atoms with Crippen molar-refractivity contribution in [3.8, 4) is 11.8 Å². The van der Waals surface area contributed by atoms with E-state index in [2.05, 4.69) is 5.10 Å². The molecular formula is C21H23N5O2. The van der Waals surface area contributed by atoms with Crippen LogP contribution in [0.2, 0.25) is 0 Å². The summed E-state index contributed by atoms with van der Waals surface area (Å²) in [5.74, 6) is 0.545. The smallest absolute Gasteiger partial charge is 0.233 e. The topological polar surface area (TPSA) is 106 Å². The minimum absolute atomic E-state index is 0.0634. The number of aromatic nitrogens is 2. The number of nitrogen functional groups attached to an aromatic ring is 1. The van der Waals surface area contributed by atoms with Gasteiger partial charge in [0.15, 0.2) is 5.84 Å². The van der Waals surface area contributed by atoms with Crippen LogP contribution in [0.4, 0.5) is 5.82 Å². The van der Waals surface area contributed by atoms with E-state index < -0.39 is 0 Å². The lowest BCUT2D eigenvalue weighted by molar-refractivity contribution is 0.105. The van der Waals surface area contributed by atoms with Gasteiger partial charge in [-0.2, -0.15) is 15.0 Å². The third kappa shape index (κ3) is 3.15. The van der Waals surface area contributed by atoms with Gasteiger partial charge in [-0.15, -0.1) is 0 Å². The molecule has 0 saturated heterocycles. The largest absolute Gasteiger partial charge is 0.496 e. The number of rotatable bonds is 4. The molecule has 1 saturated carbocycles. The molecule has 0 amide bonds. The Kier molecular flexibility index (Phi) is 4.86. The first-order valence-corrected chi connectivity index (χ1v) is 9.68. The molecular weight excluding hydrogens is 354 g/mol. The van der Waals surface area contributed by atoms with Gasteiger partial charge in [-0.25, -0.2) is 0 Å². The molecule has 1 aromatic carbocycles. The van der Waals surface area contributed by atoms with Crippen LogP contribution in [0.5, 0.6) is 5.75 Å². The molecule has 28 heavy (non-hydrogen) atoms. The number of aryl methyl sites for hydroxylation is 2. The SMILES string of the molecule is COc1cc2c(cc1C(=O)/C(=N\C1CCCC1)n1ncc(C#N)c1N)CCC2. The van der Waals surface area contributed by atoms with E-state index in [1.54, 1.807) is 7.11 Å². The van der Waals surface area contributed by atoms with Gasteiger partial charge in [0.25, 0.3) is 0 Å². The van der Waals surface area contributed by atoms with Gasteiger partial charge in [-0.3, -0.25) is 9.79 Å². The first-order valence-electron chi connectivity index (χ1n) is 9.68. The highest BCUT2D eigenvalue weighted by atomic mass is 16.5. The van der Waals surface area contributed by atoms with Gasteiger partial charge in [-0.05, 0) is 55.4 Å². The molecule has 0 radical (unpaired) electrons. The molecule has 2 aromatic rings. The van der Waals surface area contributed by atoms with Crippen LogP contribution in [0.15, 0.2) is 23.3 Å². The highest BCUT2D eigenvalue weighted by molar-refractivity contribution is 6.46. The second-order valence-electron chi connectivity index (χ2n) is 7.36. The Morgan fingerprint density at radius 2 is 2.00 bits per heavy atom. The van der Waals surface area contributed by atoms with Crippen molar-refractivity contribution in [2.24, 2.45) is 4.99 Å². The van der Waals surface area contributed by atoms with E-state index in [-0.39, 0.29) is 29.0 Å². The summed E-state index contributed by atoms with van der Waals surface area (Å²) in [5, 5.41) is 13.4. The Morgan fingerprint density at radius 1 is 1.29 bits per heavy atom. The summed E-state index contributed by atoms with van der Waals surface area (Å²) in [6, 6.07) is 5.93. The fraction of sp³-hybridized carbons (Fsp3) is 0.429. The maximum atomic E-state index is 13.6. The summed E-state index contributed by atoms with van der Waals surface area (Å²) in [6.45, 7) is 0. The first kappa shape index (κ1) is 18.2. The predicted octanol–water partition coefficient (Wildman–Crippen LogP) is 2.91. The second kappa shape index (κ2) is 7.47. The van der Waals surface area contributed by atoms with Gasteiger partial charge in [0.2, 0.25) is 5.78 Å². The third-order valence-corrected chi connectivity index (χ3v) is 5.62. The van der Waals surface area contributed by atoms with Crippen LogP contribution >= 0.6 is 0 Å². The number of hydrogen-bond donors (Lipinski definition) is 1. The Balaban J connectivity index is 1.82. The van der Waals surface area contributed by atoms with E-state index in [0.717, 1.165) is 44.9 Å². The zero-order chi connectivity index (χ0) is 19.7. The number of nitrogens with two attached hydrogens (primary N) is 1. The number of anilines is 1. The molecule has 0 spiro atoms. The number of Topliss-reactive ketones (excluding diaryl/α,β-unsaturated/α-hetero) is 1. The van der Waals surface area contributed by atoms with Crippen molar-refractivity contribution in [1.82, 2.24) is 9.78 Å². The molecule has 2 N–H and O–H groups in total. The highest BCUT2D eigenvalue weighted by Gasteiger charge is 2.27. The molecule has 144 valence electrons. The average molecular weight is 377 g/mol. The molecule has 1 aromatic heterocycles. The standard InChI is InChI=1S/C21H23N5O2/c1-28-18-10-14-6-4-5-13(14)9-17(18)19(27)21(25-16-7-2-3-8-16)26-20(23)15(11-22)12-24-26/h9-10,12,16H,2-8,23H2,1H3/b25-21+. The van der Waals surface area contributed by atoms with Crippen LogP contribution in [0, 0.1) is 11.3 Å². The van der Waals surface area contributed by atoms with Crippen molar-refractivity contribution in [2.45, 2.75) is 51.0 Å². The summed E-state index contributed by atoms with van der Waals surface area (Å²) < 4.78 is 6.81. The predicted molar refractivity (Wildman–Crippen MR) is 106 cm³/mol. The molecule has 1 heterocycles. The van der Waals surface area contributed by atoms with E-state index in [0.29, 0.717) is 11.3 Å². The molecule has 7 heteroatoms. The van der Waals surface area contributed by atoms with Crippen molar-refractivity contribution in [1.29, 1.82) is 5.26 Å². The van der Waals surface area contributed by atoms with Gasteiger partial charge >= 0.3 is 0 Å². The van der Waals surface area contributed by atoms with Crippen LogP contribution in [-0.4, -0.2) is 34.6 Å². The molecule has 1 fully saturated rings. The fourth-order valence-electron chi connectivity index (χ4n) is 4.10. The minimum Gasteiger partial charge on any atom is -0.496 e. The second-order valence-corrected chi connectivity index (χ2v) is 7.36. The number of fused-ring (bicyclic) bond motifs is 1. The zero-order valence-electron chi connectivity index (χ0n) is 15.9. The fourth-order valence-corrected chi connectivity index (χ4v) is 4.10. The lowest BCUT2D eigenvalue weighted by Crippen LogP contribution is -2.28. The van der Waals surface area contributed by atoms with Crippen molar-refractivity contribution in [2.75, 3.05) is 12.8 Å². The number of carbonyl (C=O) groups is 1. The lowest BCUT2D eigenvalue weighted by Gasteiger charge is -2.14. The van der Waals surface area contributed by atoms with Gasteiger partial charge in [-0.1, -0.05) is 12.8 Å². The summed E-state index contributed by atoms with van der Waals surface area (Å²) in [6.07, 6.45) is 8.46. The Hall–Kier alpha value is -3.14. The van der Waals surface area contributed by atoms with Crippen molar-refractivity contribution >= 4 is 17.4 Å². The molecule has 2 aliphatic rings. The first-order chi connectivity index (χ1) is 13.6. The maximum Gasteiger partial charge on any atom is 0.233 e. The number of nitrogens with zero attached hydrogens (tertiary/aromatic N) is 4. The zero-order valence-corrected chi connectivity index (χ0v) is 15.9. The average Bonchev–Trinajstić information content (AvgIpc) is 3.45. The van der Waals surface area contributed by atoms with Crippen LogP contribution in [0.25, 0.3) is 0 Å². The number of aliphatic imine (C=N–C) groups is 1. The summed E-state index contributed by atoms with van der Waals surface area (Å²) in [7, 11) is 1.57. The number of carbonyl (C=O) groups excluding carboxylic acids is 1. The Morgan fingerprint density at radius 3 is 2.64 bits per heavy atom. The Labute approximate surface area is 163 Å². The van der Waals surface area contributed by atoms with E-state index in [1.165, 1.54) is 22.0 Å². The van der Waals surface area contributed by atoms with Crippen LogP contribution in [0.1, 0.15) is 59.2 Å². The van der Waals surface area contributed by atoms with Crippen LogP contribution < -0.4 is 10.5 Å². The van der Waals surface area contributed by atoms with Crippen LogP contribution in [0.3, 0.4) is 0 Å². The van der Waals surface area contributed by atoms with Crippen molar-refractivity contribution in [3.63, 3.8) is 0 Å². The lowest BCUT2D eigenvalue weighted by atomic mass is 10.0. The molecule has 0 aliphatic heterocycles. The van der Waals surface area contributed by atoms with E-state index in [4.69, 9.17) is 15.5 Å². The number of methoxy groups -OCH3 is 1. The van der Waals surface area contributed by atoms with E-state index in [1.807, 2.05) is 18.2 Å². The number of hydrogen-bond acceptors (Lipinski definition) is 6. The molecule has 0 unspecified atom stereocenters. The normalized spacial score (nSPS) is 16.8. The van der Waals surface area contributed by atoms with Gasteiger partial charge in [0.1, 0.15) is 23.2 Å². The Bertz CT molecular complexity index is 993. The molecule has 7 nitrogen and oxygen atoms in total. The molecule has 4 rings (SSSR count). The van der Waals surface area contributed by atoms with E-state index in [9.17, 15) is 10.1 Å². The maximum absolute atomic E-state index is 13.6. The van der Waals surface area contributed by atoms with E-state index >= 15 is 0 Å². The van der Waals surface area contributed by atoms with Crippen molar-refractivity contribution < 1.29 is 9.53 Å². The highest BCUT2D eigenvalue weighted by Crippen LogP contribution is 2.31. The summed E-state index contributed by atoms with van der Waals surface area (Å²) >= 11 is 0. The van der Waals surface area contributed by atoms with Gasteiger partial charge < -0.3 is 10.5 Å². The quantitative estimate of drug-likeness (QED) is 0.501. The summed E-state index contributed by atoms with van der Waals surface area (Å²) in [4.78, 5) is 18.3. The van der Waals surface area contributed by atoms with Gasteiger partial charge in [0.05, 0.1) is 24.9 Å². The van der Waals surface area contributed by atoms with Crippen molar-refractivity contribution in [3.05, 3.63) is 40.6 Å². The number of ether oxygens (including phenoxy) is 1. The van der Waals surface area contributed by atoms with Gasteiger partial charge in [0, 0.05) is 0 Å². The van der Waals surface area contributed by atoms with Crippen LogP contribution in [-0.2, 0) is 12.8 Å². The monoisotopic (exact) mass is 377 g/mol. The molecule has 2 aliphatic carbocycles.